The summed E-state index contributed by atoms with van der Waals surface area (Å²) >= 11 is 0. The van der Waals surface area contributed by atoms with Crippen LogP contribution in [0.25, 0.3) is 0 Å². The lowest BCUT2D eigenvalue weighted by Gasteiger charge is -2.21. The van der Waals surface area contributed by atoms with E-state index in [1.165, 1.54) is 35.7 Å². The van der Waals surface area contributed by atoms with Gasteiger partial charge >= 0.3 is 5.97 Å². The molecule has 0 fully saturated rings. The first-order chi connectivity index (χ1) is 13.0. The van der Waals surface area contributed by atoms with Crippen LogP contribution in [0.2, 0.25) is 0 Å². The predicted octanol–water partition coefficient (Wildman–Crippen LogP) is 1.85. The molecule has 0 bridgehead atoms. The van der Waals surface area contributed by atoms with E-state index >= 15 is 0 Å². The lowest BCUT2D eigenvalue weighted by atomic mass is 10.1. The summed E-state index contributed by atoms with van der Waals surface area (Å²) in [6.07, 6.45) is 0.598. The smallest absolute Gasteiger partial charge is 0.343 e. The Bertz CT molecular complexity index is 829. The molecule has 0 radical (unpaired) electrons. The predicted molar refractivity (Wildman–Crippen MR) is 109 cm³/mol. The van der Waals surface area contributed by atoms with Gasteiger partial charge in [0.05, 0.1) is 12.0 Å². The zero-order chi connectivity index (χ0) is 19.7. The second-order valence-electron chi connectivity index (χ2n) is 5.76. The molecule has 28 heavy (non-hydrogen) atoms. The quantitative estimate of drug-likeness (QED) is 0.580. The molecule has 2 aromatic carbocycles. The van der Waals surface area contributed by atoms with Crippen molar-refractivity contribution in [2.75, 3.05) is 33.4 Å². The number of benzene rings is 2. The molecule has 0 spiro atoms. The van der Waals surface area contributed by atoms with E-state index < -0.39 is 16.0 Å². The molecule has 2 rings (SSSR count). The lowest BCUT2D eigenvalue weighted by molar-refractivity contribution is -0.142. The fraction of sp³-hybridized carbons (Fsp3) is 0.316. The normalized spacial score (nSPS) is 11.0. The number of halogens is 1. The van der Waals surface area contributed by atoms with Crippen molar-refractivity contribution in [3.8, 4) is 5.75 Å². The van der Waals surface area contributed by atoms with Gasteiger partial charge in [0.15, 0.2) is 6.61 Å². The van der Waals surface area contributed by atoms with Gasteiger partial charge in [0.2, 0.25) is 10.0 Å². The summed E-state index contributed by atoms with van der Waals surface area (Å²) < 4.78 is 37.0. The molecular formula is C19H25ClN2O5S. The summed E-state index contributed by atoms with van der Waals surface area (Å²) in [7, 11) is -2.41. The second kappa shape index (κ2) is 11.7. The summed E-state index contributed by atoms with van der Waals surface area (Å²) in [4.78, 5) is 11.2. The topological polar surface area (TPSA) is 98.9 Å². The summed E-state index contributed by atoms with van der Waals surface area (Å²) in [6.45, 7) is 0.563. The molecule has 154 valence electrons. The monoisotopic (exact) mass is 428 g/mol. The number of carbonyl (C=O) groups excluding carboxylic acids is 1. The number of nitrogens with zero attached hydrogens (tertiary/aromatic N) is 1. The highest BCUT2D eigenvalue weighted by molar-refractivity contribution is 7.89. The van der Waals surface area contributed by atoms with Gasteiger partial charge in [-0.2, -0.15) is 4.31 Å². The van der Waals surface area contributed by atoms with Gasteiger partial charge in [-0.25, -0.2) is 13.2 Å². The first-order valence-electron chi connectivity index (χ1n) is 8.51. The molecule has 0 saturated carbocycles. The average molecular weight is 429 g/mol. The van der Waals surface area contributed by atoms with Crippen molar-refractivity contribution in [2.45, 2.75) is 11.3 Å². The molecule has 0 atom stereocenters. The van der Waals surface area contributed by atoms with Gasteiger partial charge in [0.1, 0.15) is 5.75 Å². The first-order valence-corrected chi connectivity index (χ1v) is 9.95. The van der Waals surface area contributed by atoms with Gasteiger partial charge in [-0.1, -0.05) is 30.3 Å². The molecule has 0 aliphatic rings. The SMILES string of the molecule is COC(=O)COc1ccc(S(=O)(=O)N(CCN)CCc2ccccc2)cc1.Cl. The van der Waals surface area contributed by atoms with Crippen molar-refractivity contribution < 1.29 is 22.7 Å². The molecule has 0 aromatic heterocycles. The van der Waals surface area contributed by atoms with Gasteiger partial charge in [-0.15, -0.1) is 12.4 Å². The summed E-state index contributed by atoms with van der Waals surface area (Å²) in [6, 6.07) is 15.6. The van der Waals surface area contributed by atoms with Crippen molar-refractivity contribution in [2.24, 2.45) is 5.73 Å². The Hall–Kier alpha value is -2.13. The molecule has 0 unspecified atom stereocenters. The fourth-order valence-electron chi connectivity index (χ4n) is 2.45. The third-order valence-corrected chi connectivity index (χ3v) is 5.83. The summed E-state index contributed by atoms with van der Waals surface area (Å²) in [5.74, 6) is -0.129. The van der Waals surface area contributed by atoms with Crippen molar-refractivity contribution in [3.63, 3.8) is 0 Å². The van der Waals surface area contributed by atoms with E-state index in [4.69, 9.17) is 10.5 Å². The minimum atomic E-state index is -3.68. The number of esters is 1. The largest absolute Gasteiger partial charge is 0.482 e. The highest BCUT2D eigenvalue weighted by Gasteiger charge is 2.23. The van der Waals surface area contributed by atoms with E-state index in [1.807, 2.05) is 30.3 Å². The highest BCUT2D eigenvalue weighted by atomic mass is 35.5. The van der Waals surface area contributed by atoms with Crippen LogP contribution in [0.4, 0.5) is 0 Å². The van der Waals surface area contributed by atoms with Crippen LogP contribution >= 0.6 is 12.4 Å². The number of hydrogen-bond donors (Lipinski definition) is 1. The van der Waals surface area contributed by atoms with E-state index in [-0.39, 0.29) is 37.0 Å². The number of carbonyl (C=O) groups is 1. The number of rotatable bonds is 10. The number of ether oxygens (including phenoxy) is 2. The van der Waals surface area contributed by atoms with Crippen LogP contribution < -0.4 is 10.5 Å². The molecule has 7 nitrogen and oxygen atoms in total. The van der Waals surface area contributed by atoms with E-state index in [1.54, 1.807) is 0 Å². The Morgan fingerprint density at radius 1 is 1.04 bits per heavy atom. The van der Waals surface area contributed by atoms with Crippen molar-refractivity contribution in [3.05, 3.63) is 60.2 Å². The summed E-state index contributed by atoms with van der Waals surface area (Å²) in [5.41, 5.74) is 6.67. The van der Waals surface area contributed by atoms with Crippen molar-refractivity contribution in [1.82, 2.24) is 4.31 Å². The highest BCUT2D eigenvalue weighted by Crippen LogP contribution is 2.20. The Morgan fingerprint density at radius 3 is 2.25 bits per heavy atom. The van der Waals surface area contributed by atoms with Gasteiger partial charge in [-0.3, -0.25) is 0 Å². The van der Waals surface area contributed by atoms with Crippen LogP contribution in [0, 0.1) is 0 Å². The number of methoxy groups -OCH3 is 1. The average Bonchev–Trinajstić information content (AvgIpc) is 2.70. The maximum atomic E-state index is 12.9. The van der Waals surface area contributed by atoms with Crippen LogP contribution in [-0.2, 0) is 26.0 Å². The lowest BCUT2D eigenvalue weighted by Crippen LogP contribution is -2.36. The van der Waals surface area contributed by atoms with Crippen LogP contribution in [-0.4, -0.2) is 52.0 Å². The third kappa shape index (κ3) is 6.79. The van der Waals surface area contributed by atoms with Crippen LogP contribution in [0.3, 0.4) is 0 Å². The molecular weight excluding hydrogens is 404 g/mol. The van der Waals surface area contributed by atoms with Crippen LogP contribution in [0.15, 0.2) is 59.5 Å². The number of sulfonamides is 1. The molecule has 2 aromatic rings. The standard InChI is InChI=1S/C19H24N2O5S.ClH/c1-25-19(22)15-26-17-7-9-18(10-8-17)27(23,24)21(14-12-20)13-11-16-5-3-2-4-6-16;/h2-10H,11-15,20H2,1H3;1H. The van der Waals surface area contributed by atoms with Gasteiger partial charge in [-0.05, 0) is 36.2 Å². The third-order valence-electron chi connectivity index (χ3n) is 3.92. The molecule has 0 aliphatic heterocycles. The second-order valence-corrected chi connectivity index (χ2v) is 7.70. The van der Waals surface area contributed by atoms with E-state index in [2.05, 4.69) is 4.74 Å². The molecule has 0 amide bonds. The first kappa shape index (κ1) is 23.9. The summed E-state index contributed by atoms with van der Waals surface area (Å²) in [5, 5.41) is 0. The van der Waals surface area contributed by atoms with Crippen LogP contribution in [0.5, 0.6) is 5.75 Å². The Morgan fingerprint density at radius 2 is 1.68 bits per heavy atom. The van der Waals surface area contributed by atoms with Gasteiger partial charge in [0, 0.05) is 19.6 Å². The molecule has 2 N–H and O–H groups in total. The molecule has 0 heterocycles. The Balaban J connectivity index is 0.00000392. The molecule has 0 aliphatic carbocycles. The van der Waals surface area contributed by atoms with Crippen LogP contribution in [0.1, 0.15) is 5.56 Å². The minimum Gasteiger partial charge on any atom is -0.482 e. The number of nitrogens with two attached hydrogens (primary N) is 1. The van der Waals surface area contributed by atoms with Gasteiger partial charge < -0.3 is 15.2 Å². The Labute approximate surface area is 171 Å². The Kier molecular flexibility index (Phi) is 9.95. The van der Waals surface area contributed by atoms with Crippen molar-refractivity contribution >= 4 is 28.4 Å². The van der Waals surface area contributed by atoms with E-state index in [0.717, 1.165) is 5.56 Å². The number of hydrogen-bond acceptors (Lipinski definition) is 6. The molecule has 0 saturated heterocycles. The van der Waals surface area contributed by atoms with E-state index in [9.17, 15) is 13.2 Å². The maximum Gasteiger partial charge on any atom is 0.343 e. The van der Waals surface area contributed by atoms with Crippen molar-refractivity contribution in [1.29, 1.82) is 0 Å². The maximum absolute atomic E-state index is 12.9. The zero-order valence-electron chi connectivity index (χ0n) is 15.6. The zero-order valence-corrected chi connectivity index (χ0v) is 17.2. The fourth-order valence-corrected chi connectivity index (χ4v) is 3.91. The molecule has 9 heteroatoms. The minimum absolute atomic E-state index is 0. The van der Waals surface area contributed by atoms with E-state index in [0.29, 0.717) is 18.7 Å². The van der Waals surface area contributed by atoms with Gasteiger partial charge in [0.25, 0.3) is 0 Å².